The Labute approximate surface area is 73.3 Å². The van der Waals surface area contributed by atoms with Gasteiger partial charge in [-0.15, -0.1) is 6.58 Å². The zero-order valence-electron chi connectivity index (χ0n) is 7.30. The molecule has 0 aliphatic rings. The van der Waals surface area contributed by atoms with Crippen LogP contribution in [-0.2, 0) is 4.79 Å². The molecule has 64 valence electrons. The summed E-state index contributed by atoms with van der Waals surface area (Å²) in [5, 5.41) is 0.601. The molecule has 11 heavy (non-hydrogen) atoms. The lowest BCUT2D eigenvalue weighted by molar-refractivity contribution is -0.115. The van der Waals surface area contributed by atoms with Crippen LogP contribution in [0.4, 0.5) is 0 Å². The standard InChI is InChI=1S/C9H16OS/c1-4-6-9(10)7-11-8(3)5-2/h4,8H,1,5-7H2,2-3H3. The summed E-state index contributed by atoms with van der Waals surface area (Å²) in [6.45, 7) is 7.80. The lowest BCUT2D eigenvalue weighted by Gasteiger charge is -2.05. The fourth-order valence-corrected chi connectivity index (χ4v) is 1.40. The molecule has 0 aliphatic carbocycles. The lowest BCUT2D eigenvalue weighted by Crippen LogP contribution is -2.03. The summed E-state index contributed by atoms with van der Waals surface area (Å²) >= 11 is 1.73. The van der Waals surface area contributed by atoms with Crippen LogP contribution in [0.1, 0.15) is 26.7 Å². The second-order valence-electron chi connectivity index (χ2n) is 2.56. The average Bonchev–Trinajstić information content (AvgIpc) is 2.01. The van der Waals surface area contributed by atoms with E-state index in [0.29, 0.717) is 17.4 Å². The number of carbonyl (C=O) groups excluding carboxylic acids is 1. The number of allylic oxidation sites excluding steroid dienone is 1. The number of Topliss-reactive ketones (excluding diaryl/α,β-unsaturated/α-hetero) is 1. The average molecular weight is 172 g/mol. The van der Waals surface area contributed by atoms with Gasteiger partial charge in [-0.05, 0) is 6.42 Å². The highest BCUT2D eigenvalue weighted by Crippen LogP contribution is 2.13. The summed E-state index contributed by atoms with van der Waals surface area (Å²) in [5.41, 5.74) is 0. The molecule has 0 aliphatic heterocycles. The largest absolute Gasteiger partial charge is 0.298 e. The van der Waals surface area contributed by atoms with Gasteiger partial charge in [-0.1, -0.05) is 19.9 Å². The molecule has 1 nitrogen and oxygen atoms in total. The van der Waals surface area contributed by atoms with E-state index in [1.807, 2.05) is 0 Å². The number of hydrogen-bond acceptors (Lipinski definition) is 2. The van der Waals surface area contributed by atoms with Crippen LogP contribution in [-0.4, -0.2) is 16.8 Å². The van der Waals surface area contributed by atoms with Gasteiger partial charge >= 0.3 is 0 Å². The van der Waals surface area contributed by atoms with Crippen LogP contribution in [0.3, 0.4) is 0 Å². The molecule has 0 radical (unpaired) electrons. The van der Waals surface area contributed by atoms with Gasteiger partial charge in [-0.25, -0.2) is 0 Å². The number of rotatable bonds is 6. The van der Waals surface area contributed by atoms with Crippen LogP contribution in [0.5, 0.6) is 0 Å². The predicted octanol–water partition coefficient (Wildman–Crippen LogP) is 2.66. The van der Waals surface area contributed by atoms with Crippen molar-refractivity contribution in [3.8, 4) is 0 Å². The monoisotopic (exact) mass is 172 g/mol. The Hall–Kier alpha value is -0.240. The zero-order chi connectivity index (χ0) is 8.69. The Morgan fingerprint density at radius 2 is 2.36 bits per heavy atom. The van der Waals surface area contributed by atoms with E-state index in [4.69, 9.17) is 0 Å². The van der Waals surface area contributed by atoms with Crippen molar-refractivity contribution in [2.24, 2.45) is 0 Å². The maximum absolute atomic E-state index is 11.0. The van der Waals surface area contributed by atoms with Gasteiger partial charge in [0.2, 0.25) is 0 Å². The summed E-state index contributed by atoms with van der Waals surface area (Å²) in [4.78, 5) is 11.0. The molecule has 0 heterocycles. The minimum absolute atomic E-state index is 0.283. The molecule has 0 aromatic heterocycles. The Morgan fingerprint density at radius 1 is 1.73 bits per heavy atom. The van der Waals surface area contributed by atoms with Crippen LogP contribution in [0, 0.1) is 0 Å². The van der Waals surface area contributed by atoms with Crippen LogP contribution in [0.2, 0.25) is 0 Å². The molecule has 0 fully saturated rings. The zero-order valence-corrected chi connectivity index (χ0v) is 8.12. The van der Waals surface area contributed by atoms with Crippen molar-refractivity contribution >= 4 is 17.5 Å². The smallest absolute Gasteiger partial charge is 0.146 e. The van der Waals surface area contributed by atoms with E-state index >= 15 is 0 Å². The van der Waals surface area contributed by atoms with Gasteiger partial charge in [0.1, 0.15) is 5.78 Å². The van der Waals surface area contributed by atoms with E-state index < -0.39 is 0 Å². The van der Waals surface area contributed by atoms with Crippen molar-refractivity contribution in [3.63, 3.8) is 0 Å². The summed E-state index contributed by atoms with van der Waals surface area (Å²) in [7, 11) is 0. The Kier molecular flexibility index (Phi) is 6.33. The van der Waals surface area contributed by atoms with Crippen molar-refractivity contribution in [1.29, 1.82) is 0 Å². The third-order valence-electron chi connectivity index (χ3n) is 1.48. The Bertz CT molecular complexity index is 132. The van der Waals surface area contributed by atoms with Gasteiger partial charge in [-0.2, -0.15) is 11.8 Å². The normalized spacial score (nSPS) is 12.5. The SMILES string of the molecule is C=CCC(=O)CSC(C)CC. The van der Waals surface area contributed by atoms with Crippen LogP contribution in [0.25, 0.3) is 0 Å². The molecule has 0 saturated heterocycles. The molecule has 0 aromatic carbocycles. The minimum atomic E-state index is 0.283. The van der Waals surface area contributed by atoms with E-state index in [-0.39, 0.29) is 5.78 Å². The molecule has 0 rings (SSSR count). The Morgan fingerprint density at radius 3 is 2.82 bits per heavy atom. The highest BCUT2D eigenvalue weighted by molar-refractivity contribution is 8.00. The lowest BCUT2D eigenvalue weighted by atomic mass is 10.3. The molecule has 0 saturated carbocycles. The van der Waals surface area contributed by atoms with E-state index in [2.05, 4.69) is 20.4 Å². The van der Waals surface area contributed by atoms with Crippen molar-refractivity contribution in [3.05, 3.63) is 12.7 Å². The van der Waals surface area contributed by atoms with Gasteiger partial charge in [-0.3, -0.25) is 4.79 Å². The van der Waals surface area contributed by atoms with E-state index in [9.17, 15) is 4.79 Å². The third kappa shape index (κ3) is 6.17. The summed E-state index contributed by atoms with van der Waals surface area (Å²) in [6, 6.07) is 0. The van der Waals surface area contributed by atoms with Crippen molar-refractivity contribution in [2.75, 3.05) is 5.75 Å². The quantitative estimate of drug-likeness (QED) is 0.573. The molecule has 0 N–H and O–H groups in total. The molecular weight excluding hydrogens is 156 g/mol. The molecule has 0 bridgehead atoms. The molecular formula is C9H16OS. The fourth-order valence-electron chi connectivity index (χ4n) is 0.573. The first kappa shape index (κ1) is 10.8. The van der Waals surface area contributed by atoms with E-state index in [1.54, 1.807) is 17.8 Å². The summed E-state index contributed by atoms with van der Waals surface area (Å²) in [5.74, 6) is 0.923. The van der Waals surface area contributed by atoms with Gasteiger partial charge in [0.05, 0.1) is 5.75 Å². The highest BCUT2D eigenvalue weighted by Gasteiger charge is 2.03. The number of carbonyl (C=O) groups is 1. The number of hydrogen-bond donors (Lipinski definition) is 0. The molecule has 1 unspecified atom stereocenters. The molecule has 2 heteroatoms. The number of ketones is 1. The van der Waals surface area contributed by atoms with Crippen molar-refractivity contribution in [2.45, 2.75) is 31.9 Å². The molecule has 1 atom stereocenters. The topological polar surface area (TPSA) is 17.1 Å². The maximum Gasteiger partial charge on any atom is 0.146 e. The maximum atomic E-state index is 11.0. The van der Waals surface area contributed by atoms with Crippen LogP contribution < -0.4 is 0 Å². The van der Waals surface area contributed by atoms with E-state index in [0.717, 1.165) is 6.42 Å². The summed E-state index contributed by atoms with van der Waals surface area (Å²) in [6.07, 6.45) is 3.31. The first-order valence-corrected chi connectivity index (χ1v) is 4.99. The molecule has 0 spiro atoms. The first-order chi connectivity index (χ1) is 5.20. The highest BCUT2D eigenvalue weighted by atomic mass is 32.2. The van der Waals surface area contributed by atoms with Crippen molar-refractivity contribution in [1.82, 2.24) is 0 Å². The van der Waals surface area contributed by atoms with Gasteiger partial charge in [0.25, 0.3) is 0 Å². The van der Waals surface area contributed by atoms with E-state index in [1.165, 1.54) is 0 Å². The Balaban J connectivity index is 3.37. The van der Waals surface area contributed by atoms with Gasteiger partial charge < -0.3 is 0 Å². The fraction of sp³-hybridized carbons (Fsp3) is 0.667. The van der Waals surface area contributed by atoms with Crippen LogP contribution in [0.15, 0.2) is 12.7 Å². The molecule has 0 aromatic rings. The van der Waals surface area contributed by atoms with Gasteiger partial charge in [0.15, 0.2) is 0 Å². The second-order valence-corrected chi connectivity index (χ2v) is 3.99. The minimum Gasteiger partial charge on any atom is -0.298 e. The third-order valence-corrected chi connectivity index (χ3v) is 2.87. The predicted molar refractivity (Wildman–Crippen MR) is 52.0 cm³/mol. The first-order valence-electron chi connectivity index (χ1n) is 3.94. The summed E-state index contributed by atoms with van der Waals surface area (Å²) < 4.78 is 0. The van der Waals surface area contributed by atoms with Crippen molar-refractivity contribution < 1.29 is 4.79 Å². The second kappa shape index (κ2) is 6.47. The van der Waals surface area contributed by atoms with Crippen LogP contribution >= 0.6 is 11.8 Å². The van der Waals surface area contributed by atoms with Gasteiger partial charge in [0, 0.05) is 11.7 Å². The molecule has 0 amide bonds. The number of thioether (sulfide) groups is 1.